The van der Waals surface area contributed by atoms with Crippen LogP contribution in [0.25, 0.3) is 0 Å². The minimum atomic E-state index is -0.158. The summed E-state index contributed by atoms with van der Waals surface area (Å²) in [5.41, 5.74) is 0.989. The number of nitrogens with zero attached hydrogens (tertiary/aromatic N) is 3. The van der Waals surface area contributed by atoms with Gasteiger partial charge in [0.25, 0.3) is 5.91 Å². The largest absolute Gasteiger partial charge is 0.453 e. The Kier molecular flexibility index (Phi) is 4.80. The molecule has 6 heteroatoms. The van der Waals surface area contributed by atoms with E-state index in [1.165, 1.54) is 0 Å². The Morgan fingerprint density at radius 2 is 2.24 bits per heavy atom. The van der Waals surface area contributed by atoms with E-state index in [9.17, 15) is 4.79 Å². The third-order valence-electron chi connectivity index (χ3n) is 3.11. The number of aromatic nitrogens is 2. The Balaban J connectivity index is 2.00. The lowest BCUT2D eigenvalue weighted by Gasteiger charge is -2.14. The molecule has 0 aromatic carbocycles. The average molecular weight is 291 g/mol. The third-order valence-corrected chi connectivity index (χ3v) is 3.11. The van der Waals surface area contributed by atoms with E-state index >= 15 is 0 Å². The minimum absolute atomic E-state index is 0.158. The fourth-order valence-electron chi connectivity index (χ4n) is 1.99. The number of rotatable bonds is 6. The molecule has 2 rings (SSSR count). The van der Waals surface area contributed by atoms with Crippen molar-refractivity contribution >= 4 is 5.91 Å². The Bertz CT molecular complexity index is 601. The number of hydrogen-bond donors (Lipinski definition) is 0. The molecular weight excluding hydrogens is 270 g/mol. The van der Waals surface area contributed by atoms with Crippen molar-refractivity contribution < 1.29 is 13.9 Å². The van der Waals surface area contributed by atoms with Gasteiger partial charge < -0.3 is 14.1 Å². The lowest BCUT2D eigenvalue weighted by atomic mass is 10.3. The van der Waals surface area contributed by atoms with Crippen LogP contribution in [0.15, 0.2) is 28.9 Å². The predicted octanol–water partition coefficient (Wildman–Crippen LogP) is 2.48. The van der Waals surface area contributed by atoms with Gasteiger partial charge >= 0.3 is 0 Å². The van der Waals surface area contributed by atoms with E-state index in [2.05, 4.69) is 18.9 Å². The van der Waals surface area contributed by atoms with Crippen LogP contribution < -0.4 is 0 Å². The molecular formula is C15H21N3O3. The second-order valence-electron chi connectivity index (χ2n) is 5.28. The summed E-state index contributed by atoms with van der Waals surface area (Å²) in [7, 11) is 3.33. The standard InChI is InChI=1S/C15H21N3O3/c1-11(2)18-9-12(7-16-18)8-17(3)15(19)14-6-5-13(21-14)10-20-4/h5-7,9,11H,8,10H2,1-4H3. The maximum Gasteiger partial charge on any atom is 0.289 e. The summed E-state index contributed by atoms with van der Waals surface area (Å²) in [6.45, 7) is 4.97. The summed E-state index contributed by atoms with van der Waals surface area (Å²) in [6.07, 6.45) is 3.73. The molecule has 114 valence electrons. The molecule has 21 heavy (non-hydrogen) atoms. The quantitative estimate of drug-likeness (QED) is 0.820. The normalized spacial score (nSPS) is 11.1. The van der Waals surface area contributed by atoms with Crippen LogP contribution >= 0.6 is 0 Å². The topological polar surface area (TPSA) is 60.5 Å². The maximum absolute atomic E-state index is 12.3. The van der Waals surface area contributed by atoms with Gasteiger partial charge in [0.15, 0.2) is 5.76 Å². The van der Waals surface area contributed by atoms with Gasteiger partial charge in [0.05, 0.1) is 6.20 Å². The van der Waals surface area contributed by atoms with Crippen molar-refractivity contribution in [3.8, 4) is 0 Å². The van der Waals surface area contributed by atoms with Crippen LogP contribution in [0.1, 0.15) is 41.8 Å². The van der Waals surface area contributed by atoms with Crippen LogP contribution in [-0.4, -0.2) is 34.7 Å². The number of amides is 1. The molecule has 2 aromatic heterocycles. The van der Waals surface area contributed by atoms with Crippen LogP contribution in [0.5, 0.6) is 0 Å². The molecule has 6 nitrogen and oxygen atoms in total. The molecule has 0 radical (unpaired) electrons. The zero-order chi connectivity index (χ0) is 15.4. The lowest BCUT2D eigenvalue weighted by Crippen LogP contribution is -2.25. The molecule has 0 saturated carbocycles. The van der Waals surface area contributed by atoms with Crippen LogP contribution in [0.2, 0.25) is 0 Å². The molecule has 0 aliphatic rings. The van der Waals surface area contributed by atoms with Crippen LogP contribution in [-0.2, 0) is 17.9 Å². The first-order valence-electron chi connectivity index (χ1n) is 6.87. The van der Waals surface area contributed by atoms with Crippen molar-refractivity contribution in [2.75, 3.05) is 14.2 Å². The third kappa shape index (κ3) is 3.72. The van der Waals surface area contributed by atoms with Gasteiger partial charge in [-0.1, -0.05) is 0 Å². The average Bonchev–Trinajstić information content (AvgIpc) is 3.07. The van der Waals surface area contributed by atoms with Crippen molar-refractivity contribution in [2.45, 2.75) is 33.0 Å². The molecule has 0 unspecified atom stereocenters. The number of hydrogen-bond acceptors (Lipinski definition) is 4. The van der Waals surface area contributed by atoms with E-state index in [4.69, 9.17) is 9.15 Å². The van der Waals surface area contributed by atoms with Crippen molar-refractivity contribution in [1.82, 2.24) is 14.7 Å². The monoisotopic (exact) mass is 291 g/mol. The molecule has 2 heterocycles. The summed E-state index contributed by atoms with van der Waals surface area (Å²) in [4.78, 5) is 13.9. The Hall–Kier alpha value is -2.08. The molecule has 2 aromatic rings. The SMILES string of the molecule is COCc1ccc(C(=O)N(C)Cc2cnn(C(C)C)c2)o1. The molecule has 1 amide bonds. The molecule has 0 atom stereocenters. The summed E-state index contributed by atoms with van der Waals surface area (Å²) < 4.78 is 12.3. The first-order valence-corrected chi connectivity index (χ1v) is 6.87. The van der Waals surface area contributed by atoms with Gasteiger partial charge in [0.2, 0.25) is 0 Å². The highest BCUT2D eigenvalue weighted by molar-refractivity contribution is 5.91. The number of carbonyl (C=O) groups excluding carboxylic acids is 1. The van der Waals surface area contributed by atoms with E-state index < -0.39 is 0 Å². The fraction of sp³-hybridized carbons (Fsp3) is 0.467. The van der Waals surface area contributed by atoms with Gasteiger partial charge in [-0.3, -0.25) is 9.48 Å². The van der Waals surface area contributed by atoms with E-state index in [0.717, 1.165) is 5.56 Å². The highest BCUT2D eigenvalue weighted by atomic mass is 16.5. The van der Waals surface area contributed by atoms with Gasteiger partial charge in [-0.05, 0) is 26.0 Å². The zero-order valence-corrected chi connectivity index (χ0v) is 12.9. The molecule has 0 fully saturated rings. The summed E-state index contributed by atoms with van der Waals surface area (Å²) in [5, 5.41) is 4.27. The van der Waals surface area contributed by atoms with Gasteiger partial charge in [0, 0.05) is 38.5 Å². The highest BCUT2D eigenvalue weighted by Crippen LogP contribution is 2.13. The predicted molar refractivity (Wildman–Crippen MR) is 77.8 cm³/mol. The van der Waals surface area contributed by atoms with E-state index in [0.29, 0.717) is 30.7 Å². The molecule has 0 saturated heterocycles. The maximum atomic E-state index is 12.3. The van der Waals surface area contributed by atoms with Crippen molar-refractivity contribution in [2.24, 2.45) is 0 Å². The summed E-state index contributed by atoms with van der Waals surface area (Å²) in [6, 6.07) is 3.73. The number of ether oxygens (including phenoxy) is 1. The summed E-state index contributed by atoms with van der Waals surface area (Å²) in [5.74, 6) is 0.803. The number of carbonyl (C=O) groups is 1. The van der Waals surface area contributed by atoms with E-state index in [-0.39, 0.29) is 5.91 Å². The van der Waals surface area contributed by atoms with Crippen molar-refractivity contribution in [1.29, 1.82) is 0 Å². The van der Waals surface area contributed by atoms with Gasteiger partial charge in [-0.25, -0.2) is 0 Å². The van der Waals surface area contributed by atoms with E-state index in [1.54, 1.807) is 37.4 Å². The number of methoxy groups -OCH3 is 1. The van der Waals surface area contributed by atoms with Crippen LogP contribution in [0, 0.1) is 0 Å². The van der Waals surface area contributed by atoms with Crippen LogP contribution in [0.4, 0.5) is 0 Å². The van der Waals surface area contributed by atoms with Gasteiger partial charge in [-0.2, -0.15) is 5.10 Å². The van der Waals surface area contributed by atoms with E-state index in [1.807, 2.05) is 10.9 Å². The second kappa shape index (κ2) is 6.58. The Labute approximate surface area is 124 Å². The van der Waals surface area contributed by atoms with Crippen molar-refractivity contribution in [3.63, 3.8) is 0 Å². The van der Waals surface area contributed by atoms with Gasteiger partial charge in [-0.15, -0.1) is 0 Å². The molecule has 0 bridgehead atoms. The second-order valence-corrected chi connectivity index (χ2v) is 5.28. The smallest absolute Gasteiger partial charge is 0.289 e. The molecule has 0 N–H and O–H groups in total. The zero-order valence-electron chi connectivity index (χ0n) is 12.9. The van der Waals surface area contributed by atoms with Crippen LogP contribution in [0.3, 0.4) is 0 Å². The number of furan rings is 1. The first-order chi connectivity index (χ1) is 10.0. The Morgan fingerprint density at radius 3 is 2.86 bits per heavy atom. The molecule has 0 aliphatic carbocycles. The lowest BCUT2D eigenvalue weighted by molar-refractivity contribution is 0.0745. The molecule has 0 aliphatic heterocycles. The fourth-order valence-corrected chi connectivity index (χ4v) is 1.99. The highest BCUT2D eigenvalue weighted by Gasteiger charge is 2.17. The summed E-state index contributed by atoms with van der Waals surface area (Å²) >= 11 is 0. The first kappa shape index (κ1) is 15.3. The minimum Gasteiger partial charge on any atom is -0.453 e. The van der Waals surface area contributed by atoms with Crippen molar-refractivity contribution in [3.05, 3.63) is 41.6 Å². The molecule has 0 spiro atoms. The Morgan fingerprint density at radius 1 is 1.48 bits per heavy atom. The van der Waals surface area contributed by atoms with Gasteiger partial charge in [0.1, 0.15) is 12.4 Å².